The number of ether oxygens (including phenoxy) is 2. The monoisotopic (exact) mass is 279 g/mol. The molecular weight excluding hydrogens is 263 g/mol. The lowest BCUT2D eigenvalue weighted by atomic mass is 10.0. The minimum Gasteiger partial charge on any atom is -0.496 e. The third-order valence-corrected chi connectivity index (χ3v) is 2.62. The zero-order chi connectivity index (χ0) is 14.6. The van der Waals surface area contributed by atoms with E-state index in [1.165, 1.54) is 13.2 Å². The maximum Gasteiger partial charge on any atom is 0.420 e. The van der Waals surface area contributed by atoms with Crippen molar-refractivity contribution >= 4 is 0 Å². The summed E-state index contributed by atoms with van der Waals surface area (Å²) in [6.45, 7) is -0.271. The highest BCUT2D eigenvalue weighted by atomic mass is 19.4. The molecule has 0 aliphatic rings. The molecule has 0 saturated heterocycles. The van der Waals surface area contributed by atoms with Crippen molar-refractivity contribution in [1.82, 2.24) is 0 Å². The van der Waals surface area contributed by atoms with Crippen LogP contribution in [0.4, 0.5) is 13.2 Å². The molecule has 0 radical (unpaired) electrons. The second-order valence-corrected chi connectivity index (χ2v) is 4.01. The van der Waals surface area contributed by atoms with E-state index in [0.717, 1.165) is 13.2 Å². The highest BCUT2D eigenvalue weighted by Gasteiger charge is 2.35. The maximum absolute atomic E-state index is 12.8. The van der Waals surface area contributed by atoms with Gasteiger partial charge in [-0.3, -0.25) is 0 Å². The van der Waals surface area contributed by atoms with Crippen LogP contribution in [0.1, 0.15) is 11.1 Å². The van der Waals surface area contributed by atoms with Crippen molar-refractivity contribution in [2.24, 2.45) is 5.73 Å². The first kappa shape index (κ1) is 15.6. The van der Waals surface area contributed by atoms with Gasteiger partial charge in [-0.15, -0.1) is 0 Å². The molecule has 4 nitrogen and oxygen atoms in total. The average molecular weight is 279 g/mol. The minimum absolute atomic E-state index is 0.0667. The van der Waals surface area contributed by atoms with Gasteiger partial charge in [-0.05, 0) is 24.1 Å². The number of aliphatic hydroxyl groups excluding tert-OH is 1. The Labute approximate surface area is 108 Å². The van der Waals surface area contributed by atoms with Crippen LogP contribution in [0, 0.1) is 0 Å². The Balaban J connectivity index is 3.27. The number of benzene rings is 1. The van der Waals surface area contributed by atoms with Crippen LogP contribution in [0.2, 0.25) is 0 Å². The van der Waals surface area contributed by atoms with Crippen molar-refractivity contribution in [2.75, 3.05) is 20.8 Å². The van der Waals surface area contributed by atoms with Gasteiger partial charge in [0, 0.05) is 6.04 Å². The molecule has 19 heavy (non-hydrogen) atoms. The maximum atomic E-state index is 12.8. The molecule has 1 aromatic carbocycles. The van der Waals surface area contributed by atoms with Gasteiger partial charge >= 0.3 is 6.18 Å². The minimum atomic E-state index is -4.53. The van der Waals surface area contributed by atoms with E-state index in [4.69, 9.17) is 20.3 Å². The van der Waals surface area contributed by atoms with Crippen molar-refractivity contribution in [3.63, 3.8) is 0 Å². The quantitative estimate of drug-likeness (QED) is 0.859. The van der Waals surface area contributed by atoms with E-state index in [0.29, 0.717) is 5.56 Å². The first-order valence-electron chi connectivity index (χ1n) is 5.52. The Morgan fingerprint density at radius 1 is 1.21 bits per heavy atom. The number of hydrogen-bond donors (Lipinski definition) is 2. The van der Waals surface area contributed by atoms with Crippen LogP contribution >= 0.6 is 0 Å². The first-order chi connectivity index (χ1) is 8.83. The number of halogens is 3. The van der Waals surface area contributed by atoms with E-state index in [-0.39, 0.29) is 24.5 Å². The molecule has 1 rings (SSSR count). The van der Waals surface area contributed by atoms with Crippen LogP contribution in [0.15, 0.2) is 12.1 Å². The highest BCUT2D eigenvalue weighted by Crippen LogP contribution is 2.40. The molecule has 3 N–H and O–H groups in total. The Hall–Kier alpha value is -1.47. The van der Waals surface area contributed by atoms with E-state index >= 15 is 0 Å². The van der Waals surface area contributed by atoms with Crippen LogP contribution in [0.3, 0.4) is 0 Å². The standard InChI is InChI=1S/C12H16F3NO3/c1-18-10-5-9(12(13,14)15)11(19-2)4-7(10)3-8(16)6-17/h4-5,8,17H,3,6,16H2,1-2H3. The smallest absolute Gasteiger partial charge is 0.420 e. The van der Waals surface area contributed by atoms with Crippen molar-refractivity contribution in [2.45, 2.75) is 18.6 Å². The van der Waals surface area contributed by atoms with Crippen molar-refractivity contribution in [3.05, 3.63) is 23.3 Å². The molecule has 0 saturated carbocycles. The topological polar surface area (TPSA) is 64.7 Å². The molecule has 7 heteroatoms. The van der Waals surface area contributed by atoms with Crippen molar-refractivity contribution in [1.29, 1.82) is 0 Å². The SMILES string of the molecule is COc1cc(C(F)(F)F)c(OC)cc1CC(N)CO. The summed E-state index contributed by atoms with van der Waals surface area (Å²) < 4.78 is 48.1. The normalized spacial score (nSPS) is 13.2. The number of aliphatic hydroxyl groups is 1. The molecular formula is C12H16F3NO3. The van der Waals surface area contributed by atoms with E-state index < -0.39 is 17.8 Å². The van der Waals surface area contributed by atoms with E-state index in [9.17, 15) is 13.2 Å². The van der Waals surface area contributed by atoms with Gasteiger partial charge in [0.25, 0.3) is 0 Å². The summed E-state index contributed by atoms with van der Waals surface area (Å²) in [6, 6.07) is 1.53. The Morgan fingerprint density at radius 2 is 1.79 bits per heavy atom. The predicted octanol–water partition coefficient (Wildman–Crippen LogP) is 1.58. The van der Waals surface area contributed by atoms with Gasteiger partial charge in [0.15, 0.2) is 0 Å². The molecule has 0 aliphatic heterocycles. The van der Waals surface area contributed by atoms with Gasteiger partial charge < -0.3 is 20.3 Å². The van der Waals surface area contributed by atoms with Crippen molar-refractivity contribution in [3.8, 4) is 11.5 Å². The largest absolute Gasteiger partial charge is 0.496 e. The summed E-state index contributed by atoms with van der Waals surface area (Å²) in [7, 11) is 2.43. The second-order valence-electron chi connectivity index (χ2n) is 4.01. The second kappa shape index (κ2) is 6.12. The summed E-state index contributed by atoms with van der Waals surface area (Å²) >= 11 is 0. The molecule has 1 atom stereocenters. The molecule has 0 spiro atoms. The van der Waals surface area contributed by atoms with Crippen LogP contribution in [0.25, 0.3) is 0 Å². The zero-order valence-corrected chi connectivity index (χ0v) is 10.6. The molecule has 0 heterocycles. The fourth-order valence-electron chi connectivity index (χ4n) is 1.69. The summed E-state index contributed by atoms with van der Waals surface area (Å²) in [5.41, 5.74) is 5.12. The lowest BCUT2D eigenvalue weighted by Crippen LogP contribution is -2.27. The summed E-state index contributed by atoms with van der Waals surface area (Å²) in [6.07, 6.45) is -4.34. The van der Waals surface area contributed by atoms with E-state index in [1.807, 2.05) is 0 Å². The average Bonchev–Trinajstić information content (AvgIpc) is 2.36. The number of nitrogens with two attached hydrogens (primary N) is 1. The number of rotatable bonds is 5. The van der Waals surface area contributed by atoms with E-state index in [2.05, 4.69) is 0 Å². The molecule has 0 amide bonds. The first-order valence-corrected chi connectivity index (χ1v) is 5.52. The van der Waals surface area contributed by atoms with Crippen molar-refractivity contribution < 1.29 is 27.8 Å². The number of hydrogen-bond acceptors (Lipinski definition) is 4. The molecule has 0 fully saturated rings. The van der Waals surface area contributed by atoms with Crippen LogP contribution in [-0.4, -0.2) is 32.0 Å². The summed E-state index contributed by atoms with van der Waals surface area (Å²) in [5, 5.41) is 8.89. The number of methoxy groups -OCH3 is 2. The fraction of sp³-hybridized carbons (Fsp3) is 0.500. The molecule has 0 aromatic heterocycles. The fourth-order valence-corrected chi connectivity index (χ4v) is 1.69. The third kappa shape index (κ3) is 3.74. The van der Waals surface area contributed by atoms with Gasteiger partial charge in [-0.25, -0.2) is 0 Å². The lowest BCUT2D eigenvalue weighted by molar-refractivity contribution is -0.138. The molecule has 1 unspecified atom stereocenters. The van der Waals surface area contributed by atoms with Gasteiger partial charge in [-0.1, -0.05) is 0 Å². The van der Waals surface area contributed by atoms with Gasteiger partial charge in [0.05, 0.1) is 20.8 Å². The van der Waals surface area contributed by atoms with Crippen LogP contribution in [0.5, 0.6) is 11.5 Å². The third-order valence-electron chi connectivity index (χ3n) is 2.62. The van der Waals surface area contributed by atoms with E-state index in [1.54, 1.807) is 0 Å². The molecule has 1 aromatic rings. The van der Waals surface area contributed by atoms with Gasteiger partial charge in [0.1, 0.15) is 17.1 Å². The zero-order valence-electron chi connectivity index (χ0n) is 10.6. The Kier molecular flexibility index (Phi) is 5.02. The lowest BCUT2D eigenvalue weighted by Gasteiger charge is -2.18. The summed E-state index contributed by atoms with van der Waals surface area (Å²) in [4.78, 5) is 0. The Bertz CT molecular complexity index is 435. The molecule has 108 valence electrons. The van der Waals surface area contributed by atoms with Gasteiger partial charge in [0.2, 0.25) is 0 Å². The van der Waals surface area contributed by atoms with Crippen LogP contribution in [-0.2, 0) is 12.6 Å². The predicted molar refractivity (Wildman–Crippen MR) is 63.3 cm³/mol. The van der Waals surface area contributed by atoms with Gasteiger partial charge in [-0.2, -0.15) is 13.2 Å². The van der Waals surface area contributed by atoms with Crippen LogP contribution < -0.4 is 15.2 Å². The summed E-state index contributed by atoms with van der Waals surface area (Å²) in [5.74, 6) is -0.231. The molecule has 0 bridgehead atoms. The highest BCUT2D eigenvalue weighted by molar-refractivity contribution is 5.48. The molecule has 0 aliphatic carbocycles. The number of alkyl halides is 3. The Morgan fingerprint density at radius 3 is 2.21 bits per heavy atom.